The molecule has 0 fully saturated rings. The van der Waals surface area contributed by atoms with Crippen LogP contribution in [0.2, 0.25) is 0 Å². The maximum Gasteiger partial charge on any atom is 0.316 e. The molecule has 90 valence electrons. The molecule has 1 aromatic rings. The van der Waals surface area contributed by atoms with Crippen molar-refractivity contribution in [1.29, 1.82) is 0 Å². The SMILES string of the molecule is CCOC(=O)CSc1nnnn1CCNC. The fourth-order valence-corrected chi connectivity index (χ4v) is 1.69. The summed E-state index contributed by atoms with van der Waals surface area (Å²) in [6, 6.07) is 0. The number of carbonyl (C=O) groups is 1. The zero-order chi connectivity index (χ0) is 11.8. The van der Waals surface area contributed by atoms with Gasteiger partial charge in [0.05, 0.1) is 18.9 Å². The van der Waals surface area contributed by atoms with E-state index >= 15 is 0 Å². The summed E-state index contributed by atoms with van der Waals surface area (Å²) in [6.45, 7) is 3.62. The van der Waals surface area contributed by atoms with Crippen molar-refractivity contribution in [2.75, 3.05) is 26.0 Å². The van der Waals surface area contributed by atoms with E-state index in [1.165, 1.54) is 11.8 Å². The van der Waals surface area contributed by atoms with Gasteiger partial charge in [-0.25, -0.2) is 4.68 Å². The molecule has 1 aromatic heterocycles. The van der Waals surface area contributed by atoms with Crippen LogP contribution in [-0.4, -0.2) is 52.1 Å². The lowest BCUT2D eigenvalue weighted by Crippen LogP contribution is -2.17. The second-order valence-corrected chi connectivity index (χ2v) is 3.82. The molecule has 0 unspecified atom stereocenters. The average molecular weight is 245 g/mol. The monoisotopic (exact) mass is 245 g/mol. The average Bonchev–Trinajstić information content (AvgIpc) is 2.71. The van der Waals surface area contributed by atoms with E-state index in [1.807, 2.05) is 7.05 Å². The van der Waals surface area contributed by atoms with Gasteiger partial charge < -0.3 is 10.1 Å². The zero-order valence-corrected chi connectivity index (χ0v) is 10.2. The molecule has 8 heteroatoms. The first-order valence-corrected chi connectivity index (χ1v) is 5.95. The number of rotatable bonds is 7. The van der Waals surface area contributed by atoms with Crippen LogP contribution in [0, 0.1) is 0 Å². The minimum absolute atomic E-state index is 0.230. The lowest BCUT2D eigenvalue weighted by atomic mass is 10.6. The van der Waals surface area contributed by atoms with Crippen LogP contribution < -0.4 is 5.32 Å². The molecule has 1 N–H and O–H groups in total. The van der Waals surface area contributed by atoms with Crippen molar-refractivity contribution in [3.8, 4) is 0 Å². The quantitative estimate of drug-likeness (QED) is 0.514. The topological polar surface area (TPSA) is 81.9 Å². The van der Waals surface area contributed by atoms with Crippen molar-refractivity contribution < 1.29 is 9.53 Å². The van der Waals surface area contributed by atoms with Crippen LogP contribution >= 0.6 is 11.8 Å². The van der Waals surface area contributed by atoms with Crippen molar-refractivity contribution in [2.24, 2.45) is 0 Å². The second-order valence-electron chi connectivity index (χ2n) is 2.88. The van der Waals surface area contributed by atoms with Crippen molar-refractivity contribution in [3.63, 3.8) is 0 Å². The largest absolute Gasteiger partial charge is 0.465 e. The summed E-state index contributed by atoms with van der Waals surface area (Å²) in [6.07, 6.45) is 0. The number of ether oxygens (including phenoxy) is 1. The lowest BCUT2D eigenvalue weighted by molar-refractivity contribution is -0.139. The molecule has 0 radical (unpaired) electrons. The van der Waals surface area contributed by atoms with Gasteiger partial charge in [-0.15, -0.1) is 5.10 Å². The number of nitrogens with one attached hydrogen (secondary N) is 1. The predicted molar refractivity (Wildman–Crippen MR) is 59.1 cm³/mol. The Morgan fingerprint density at radius 3 is 3.12 bits per heavy atom. The van der Waals surface area contributed by atoms with Crippen LogP contribution in [0.5, 0.6) is 0 Å². The standard InChI is InChI=1S/C8H15N5O2S/c1-3-15-7(14)6-16-8-10-11-12-13(8)5-4-9-2/h9H,3-6H2,1-2H3. The van der Waals surface area contributed by atoms with Crippen molar-refractivity contribution in [3.05, 3.63) is 0 Å². The number of esters is 1. The molecule has 7 nitrogen and oxygen atoms in total. The maximum atomic E-state index is 11.1. The highest BCUT2D eigenvalue weighted by Crippen LogP contribution is 2.13. The van der Waals surface area contributed by atoms with E-state index in [0.29, 0.717) is 18.3 Å². The number of hydrogen-bond donors (Lipinski definition) is 1. The first-order chi connectivity index (χ1) is 7.77. The number of carbonyl (C=O) groups excluding carboxylic acids is 1. The van der Waals surface area contributed by atoms with Crippen molar-refractivity contribution >= 4 is 17.7 Å². The third-order valence-corrected chi connectivity index (χ3v) is 2.63. The minimum Gasteiger partial charge on any atom is -0.465 e. The third-order valence-electron chi connectivity index (χ3n) is 1.70. The molecule has 0 aliphatic rings. The molecular weight excluding hydrogens is 230 g/mol. The Morgan fingerprint density at radius 1 is 1.62 bits per heavy atom. The summed E-state index contributed by atoms with van der Waals surface area (Å²) in [5.41, 5.74) is 0. The molecule has 16 heavy (non-hydrogen) atoms. The fourth-order valence-electron chi connectivity index (χ4n) is 0.984. The van der Waals surface area contributed by atoms with Gasteiger partial charge in [-0.3, -0.25) is 4.79 Å². The molecule has 0 aliphatic heterocycles. The molecule has 0 aliphatic carbocycles. The summed E-state index contributed by atoms with van der Waals surface area (Å²) < 4.78 is 6.46. The highest BCUT2D eigenvalue weighted by Gasteiger charge is 2.09. The van der Waals surface area contributed by atoms with E-state index in [1.54, 1.807) is 11.6 Å². The molecular formula is C8H15N5O2S. The Bertz CT molecular complexity index is 330. The molecule has 1 heterocycles. The third kappa shape index (κ3) is 4.15. The predicted octanol–water partition coefficient (Wildman–Crippen LogP) is -0.452. The number of likely N-dealkylation sites (N-methyl/N-ethyl adjacent to an activating group) is 1. The first kappa shape index (κ1) is 12.9. The van der Waals surface area contributed by atoms with Crippen molar-refractivity contribution in [2.45, 2.75) is 18.6 Å². The number of thioether (sulfide) groups is 1. The molecule has 0 aromatic carbocycles. The number of tetrazole rings is 1. The molecule has 0 spiro atoms. The van der Waals surface area contributed by atoms with Gasteiger partial charge in [-0.1, -0.05) is 11.8 Å². The maximum absolute atomic E-state index is 11.1. The second kappa shape index (κ2) is 7.18. The van der Waals surface area contributed by atoms with Crippen LogP contribution in [0.25, 0.3) is 0 Å². The van der Waals surface area contributed by atoms with Crippen molar-refractivity contribution in [1.82, 2.24) is 25.5 Å². The summed E-state index contributed by atoms with van der Waals surface area (Å²) in [5.74, 6) is -0.0241. The highest BCUT2D eigenvalue weighted by molar-refractivity contribution is 7.99. The molecule has 0 amide bonds. The molecule has 0 atom stereocenters. The van der Waals surface area contributed by atoms with Gasteiger partial charge >= 0.3 is 5.97 Å². The van der Waals surface area contributed by atoms with E-state index in [9.17, 15) is 4.79 Å². The summed E-state index contributed by atoms with van der Waals surface area (Å²) >= 11 is 1.28. The normalized spacial score (nSPS) is 10.4. The van der Waals surface area contributed by atoms with Gasteiger partial charge in [0, 0.05) is 6.54 Å². The van der Waals surface area contributed by atoms with Gasteiger partial charge in [0.25, 0.3) is 0 Å². The lowest BCUT2D eigenvalue weighted by Gasteiger charge is -2.03. The Hall–Kier alpha value is -1.15. The highest BCUT2D eigenvalue weighted by atomic mass is 32.2. The summed E-state index contributed by atoms with van der Waals surface area (Å²) in [7, 11) is 1.86. The van der Waals surface area contributed by atoms with Gasteiger partial charge in [0.15, 0.2) is 0 Å². The van der Waals surface area contributed by atoms with Crippen LogP contribution in [0.1, 0.15) is 6.92 Å². The van der Waals surface area contributed by atoms with E-state index in [4.69, 9.17) is 4.74 Å². The van der Waals surface area contributed by atoms with Crippen LogP contribution in [0.3, 0.4) is 0 Å². The minimum atomic E-state index is -0.254. The smallest absolute Gasteiger partial charge is 0.316 e. The van der Waals surface area contributed by atoms with Crippen LogP contribution in [0.4, 0.5) is 0 Å². The number of aromatic nitrogens is 4. The molecule has 1 rings (SSSR count). The Morgan fingerprint density at radius 2 is 2.44 bits per heavy atom. The number of hydrogen-bond acceptors (Lipinski definition) is 7. The molecule has 0 saturated heterocycles. The van der Waals surface area contributed by atoms with Gasteiger partial charge in [0.2, 0.25) is 5.16 Å². The van der Waals surface area contributed by atoms with E-state index in [2.05, 4.69) is 20.8 Å². The van der Waals surface area contributed by atoms with E-state index in [-0.39, 0.29) is 11.7 Å². The van der Waals surface area contributed by atoms with Crippen LogP contribution in [-0.2, 0) is 16.1 Å². The van der Waals surface area contributed by atoms with Gasteiger partial charge in [-0.2, -0.15) is 0 Å². The molecule has 0 bridgehead atoms. The Kier molecular flexibility index (Phi) is 5.79. The Balaban J connectivity index is 2.41. The van der Waals surface area contributed by atoms with E-state index < -0.39 is 0 Å². The molecule has 0 saturated carbocycles. The Labute approximate surface area is 97.9 Å². The first-order valence-electron chi connectivity index (χ1n) is 4.97. The van der Waals surface area contributed by atoms with Gasteiger partial charge in [-0.05, 0) is 24.4 Å². The van der Waals surface area contributed by atoms with E-state index in [0.717, 1.165) is 6.54 Å². The summed E-state index contributed by atoms with van der Waals surface area (Å²) in [5, 5.41) is 14.8. The van der Waals surface area contributed by atoms with Crippen LogP contribution in [0.15, 0.2) is 5.16 Å². The zero-order valence-electron chi connectivity index (χ0n) is 9.34. The number of nitrogens with zero attached hydrogens (tertiary/aromatic N) is 4. The summed E-state index contributed by atoms with van der Waals surface area (Å²) in [4.78, 5) is 11.1. The van der Waals surface area contributed by atoms with Gasteiger partial charge in [0.1, 0.15) is 0 Å². The fraction of sp³-hybridized carbons (Fsp3) is 0.750.